The van der Waals surface area contributed by atoms with E-state index in [0.29, 0.717) is 49.5 Å². The van der Waals surface area contributed by atoms with Crippen molar-refractivity contribution >= 4 is 23.2 Å². The Morgan fingerprint density at radius 3 is 2.86 bits per heavy atom. The van der Waals surface area contributed by atoms with Gasteiger partial charge in [0.1, 0.15) is 5.75 Å². The average molecular weight is 490 g/mol. The van der Waals surface area contributed by atoms with Crippen LogP contribution in [0, 0.1) is 16.0 Å². The van der Waals surface area contributed by atoms with E-state index in [-0.39, 0.29) is 17.2 Å². The third kappa shape index (κ3) is 5.77. The molecule has 1 fully saturated rings. The van der Waals surface area contributed by atoms with Gasteiger partial charge in [0.2, 0.25) is 5.95 Å². The van der Waals surface area contributed by atoms with Crippen LogP contribution in [0.4, 0.5) is 17.3 Å². The zero-order valence-corrected chi connectivity index (χ0v) is 19.7. The van der Waals surface area contributed by atoms with Gasteiger partial charge >= 0.3 is 0 Å². The zero-order chi connectivity index (χ0) is 24.9. The van der Waals surface area contributed by atoms with E-state index >= 15 is 0 Å². The molecule has 6 bridgehead atoms. The van der Waals surface area contributed by atoms with Crippen molar-refractivity contribution in [3.63, 3.8) is 0 Å². The van der Waals surface area contributed by atoms with E-state index in [0.717, 1.165) is 29.8 Å². The molecule has 1 aliphatic carbocycles. The number of rotatable bonds is 4. The second-order valence-corrected chi connectivity index (χ2v) is 8.97. The minimum atomic E-state index is -0.506. The van der Waals surface area contributed by atoms with Crippen molar-refractivity contribution in [1.29, 1.82) is 0 Å². The quantitative estimate of drug-likeness (QED) is 0.401. The minimum Gasteiger partial charge on any atom is -0.493 e. The molecule has 36 heavy (non-hydrogen) atoms. The van der Waals surface area contributed by atoms with Gasteiger partial charge in [-0.25, -0.2) is 9.97 Å². The molecule has 3 aromatic rings. The van der Waals surface area contributed by atoms with Crippen molar-refractivity contribution in [3.05, 3.63) is 69.9 Å². The fraction of sp³-hybridized carbons (Fsp3) is 0.346. The maximum absolute atomic E-state index is 12.6. The molecule has 3 heterocycles. The number of ether oxygens (including phenoxy) is 2. The monoisotopic (exact) mass is 489 g/mol. The van der Waals surface area contributed by atoms with Crippen molar-refractivity contribution in [2.24, 2.45) is 5.92 Å². The smallest absolute Gasteiger partial charge is 0.279 e. The standard InChI is InChI=1S/C26H27N5O5/c32-25-18-5-7-21(23(14-18)31(33)34)22-9-11-28-26(30-22)29-20-6-8-24(36-15-17-3-4-17)19(13-20)16-35-12-2-1-10-27-25/h5-9,11,13-14,17H,1-4,10,12,15-16H2,(H,27,32)(H,28,29,30). The predicted octanol–water partition coefficient (Wildman–Crippen LogP) is 4.62. The molecule has 0 spiro atoms. The van der Waals surface area contributed by atoms with Gasteiger partial charge in [-0.05, 0) is 68.0 Å². The topological polar surface area (TPSA) is 129 Å². The summed E-state index contributed by atoms with van der Waals surface area (Å²) in [7, 11) is 0. The maximum Gasteiger partial charge on any atom is 0.279 e. The van der Waals surface area contributed by atoms with E-state index in [1.54, 1.807) is 18.2 Å². The number of fused-ring (bicyclic) bond motifs is 9. The third-order valence-corrected chi connectivity index (χ3v) is 6.13. The number of hydrogen-bond acceptors (Lipinski definition) is 8. The van der Waals surface area contributed by atoms with Crippen LogP contribution >= 0.6 is 0 Å². The zero-order valence-electron chi connectivity index (χ0n) is 19.7. The summed E-state index contributed by atoms with van der Waals surface area (Å²) in [6.45, 7) is 2.06. The highest BCUT2D eigenvalue weighted by molar-refractivity contribution is 5.96. The number of hydrogen-bond donors (Lipinski definition) is 2. The van der Waals surface area contributed by atoms with E-state index in [2.05, 4.69) is 20.6 Å². The molecule has 6 rings (SSSR count). The van der Waals surface area contributed by atoms with E-state index in [4.69, 9.17) is 9.47 Å². The van der Waals surface area contributed by atoms with Crippen LogP contribution in [-0.4, -0.2) is 40.6 Å². The van der Waals surface area contributed by atoms with Gasteiger partial charge in [0.05, 0.1) is 29.4 Å². The molecule has 2 aromatic carbocycles. The molecule has 1 aromatic heterocycles. The van der Waals surface area contributed by atoms with Crippen molar-refractivity contribution in [1.82, 2.24) is 15.3 Å². The molecule has 0 unspecified atom stereocenters. The molecule has 10 nitrogen and oxygen atoms in total. The molecule has 1 amide bonds. The SMILES string of the molecule is O=C1NCCCCOCc2cc(ccc2OCC2CC2)Nc2nccc(n2)-c2ccc1cc2[N+](=O)[O-]. The number of anilines is 2. The average Bonchev–Trinajstić information content (AvgIpc) is 3.71. The maximum atomic E-state index is 12.6. The lowest BCUT2D eigenvalue weighted by Crippen LogP contribution is -2.24. The molecular formula is C26H27N5O5. The van der Waals surface area contributed by atoms with Crippen LogP contribution in [0.15, 0.2) is 48.7 Å². The highest BCUT2D eigenvalue weighted by atomic mass is 16.6. The second-order valence-electron chi connectivity index (χ2n) is 8.97. The van der Waals surface area contributed by atoms with Gasteiger partial charge < -0.3 is 20.1 Å². The molecular weight excluding hydrogens is 462 g/mol. The van der Waals surface area contributed by atoms with Crippen molar-refractivity contribution < 1.29 is 19.2 Å². The summed E-state index contributed by atoms with van der Waals surface area (Å²) in [5.74, 6) is 1.35. The van der Waals surface area contributed by atoms with Crippen molar-refractivity contribution in [3.8, 4) is 17.0 Å². The van der Waals surface area contributed by atoms with Crippen LogP contribution in [0.3, 0.4) is 0 Å². The lowest BCUT2D eigenvalue weighted by molar-refractivity contribution is -0.384. The summed E-state index contributed by atoms with van der Waals surface area (Å²) < 4.78 is 11.9. The van der Waals surface area contributed by atoms with Gasteiger partial charge in [-0.2, -0.15) is 0 Å². The number of nitro groups is 1. The largest absolute Gasteiger partial charge is 0.493 e. The van der Waals surface area contributed by atoms with Crippen LogP contribution in [0.1, 0.15) is 41.6 Å². The van der Waals surface area contributed by atoms with Crippen LogP contribution in [0.25, 0.3) is 11.3 Å². The Morgan fingerprint density at radius 1 is 1.14 bits per heavy atom. The molecule has 186 valence electrons. The molecule has 3 aliphatic rings. The van der Waals surface area contributed by atoms with Crippen LogP contribution in [0.5, 0.6) is 5.75 Å². The highest BCUT2D eigenvalue weighted by Gasteiger charge is 2.23. The van der Waals surface area contributed by atoms with Gasteiger partial charge in [0, 0.05) is 42.2 Å². The number of aromatic nitrogens is 2. The Kier molecular flexibility index (Phi) is 7.03. The third-order valence-electron chi connectivity index (χ3n) is 6.13. The first-order valence-electron chi connectivity index (χ1n) is 12.1. The van der Waals surface area contributed by atoms with Gasteiger partial charge in [0.15, 0.2) is 0 Å². The summed E-state index contributed by atoms with van der Waals surface area (Å²) in [6, 6.07) is 11.7. The van der Waals surface area contributed by atoms with Gasteiger partial charge in [-0.1, -0.05) is 0 Å². The Labute approximate surface area is 208 Å². The van der Waals surface area contributed by atoms with E-state index in [9.17, 15) is 14.9 Å². The summed E-state index contributed by atoms with van der Waals surface area (Å²) in [5.41, 5.74) is 2.37. The summed E-state index contributed by atoms with van der Waals surface area (Å²) >= 11 is 0. The molecule has 0 radical (unpaired) electrons. The normalized spacial score (nSPS) is 16.2. The van der Waals surface area contributed by atoms with Gasteiger partial charge in [0.25, 0.3) is 11.6 Å². The number of benzene rings is 2. The first kappa shape index (κ1) is 23.7. The van der Waals surface area contributed by atoms with E-state index in [1.807, 2.05) is 18.2 Å². The molecule has 1 saturated carbocycles. The number of nitrogens with one attached hydrogen (secondary N) is 2. The number of nitro benzene ring substituents is 1. The molecule has 2 N–H and O–H groups in total. The summed E-state index contributed by atoms with van der Waals surface area (Å²) in [5, 5.41) is 17.8. The Bertz CT molecular complexity index is 1280. The lowest BCUT2D eigenvalue weighted by Gasteiger charge is -2.14. The number of nitrogens with zero attached hydrogens (tertiary/aromatic N) is 3. The Balaban J connectivity index is 1.48. The molecule has 0 atom stereocenters. The highest BCUT2D eigenvalue weighted by Crippen LogP contribution is 2.33. The van der Waals surface area contributed by atoms with Crippen LogP contribution in [0.2, 0.25) is 0 Å². The number of carbonyl (C=O) groups excluding carboxylic acids is 1. The second kappa shape index (κ2) is 10.7. The summed E-state index contributed by atoms with van der Waals surface area (Å²) in [4.78, 5) is 32.6. The molecule has 2 aliphatic heterocycles. The van der Waals surface area contributed by atoms with Crippen LogP contribution in [-0.2, 0) is 11.3 Å². The van der Waals surface area contributed by atoms with E-state index in [1.165, 1.54) is 25.1 Å². The van der Waals surface area contributed by atoms with Gasteiger partial charge in [-0.15, -0.1) is 0 Å². The van der Waals surface area contributed by atoms with Crippen molar-refractivity contribution in [2.45, 2.75) is 32.3 Å². The molecule has 0 saturated heterocycles. The fourth-order valence-corrected chi connectivity index (χ4v) is 3.96. The fourth-order valence-electron chi connectivity index (χ4n) is 3.96. The van der Waals surface area contributed by atoms with E-state index < -0.39 is 4.92 Å². The lowest BCUT2D eigenvalue weighted by atomic mass is 10.1. The Morgan fingerprint density at radius 2 is 2.03 bits per heavy atom. The summed E-state index contributed by atoms with van der Waals surface area (Å²) in [6.07, 6.45) is 5.43. The minimum absolute atomic E-state index is 0.196. The molecule has 10 heteroatoms. The Hall–Kier alpha value is -4.05. The number of amides is 1. The van der Waals surface area contributed by atoms with Crippen LogP contribution < -0.4 is 15.4 Å². The first-order valence-corrected chi connectivity index (χ1v) is 12.1. The van der Waals surface area contributed by atoms with Crippen molar-refractivity contribution in [2.75, 3.05) is 25.1 Å². The predicted molar refractivity (Wildman–Crippen MR) is 133 cm³/mol. The van der Waals surface area contributed by atoms with Gasteiger partial charge in [-0.3, -0.25) is 14.9 Å². The first-order chi connectivity index (χ1) is 17.6. The number of carbonyl (C=O) groups is 1.